The molecular weight excluding hydrogens is 282 g/mol. The Hall–Kier alpha value is -1.91. The first-order chi connectivity index (χ1) is 10.6. The van der Waals surface area contributed by atoms with Crippen molar-refractivity contribution in [3.05, 3.63) is 39.9 Å². The van der Waals surface area contributed by atoms with Crippen LogP contribution in [0, 0.1) is 33.8 Å². The van der Waals surface area contributed by atoms with Gasteiger partial charge in [-0.1, -0.05) is 6.42 Å². The fourth-order valence-corrected chi connectivity index (χ4v) is 5.07. The number of nitrogens with zero attached hydrogens (tertiary/aromatic N) is 1. The summed E-state index contributed by atoms with van der Waals surface area (Å²) >= 11 is 0. The Morgan fingerprint density at radius 3 is 2.55 bits per heavy atom. The number of benzene rings is 1. The summed E-state index contributed by atoms with van der Waals surface area (Å²) in [4.78, 5) is 22.4. The molecule has 0 amide bonds. The molecule has 0 spiro atoms. The van der Waals surface area contributed by atoms with E-state index in [-0.39, 0.29) is 17.8 Å². The minimum Gasteiger partial charge on any atom is -0.458 e. The molecule has 0 N–H and O–H groups in total. The lowest BCUT2D eigenvalue weighted by molar-refractivity contribution is -0.384. The molecule has 5 heteroatoms. The van der Waals surface area contributed by atoms with E-state index < -0.39 is 4.92 Å². The van der Waals surface area contributed by atoms with Crippen molar-refractivity contribution in [3.8, 4) is 0 Å². The lowest BCUT2D eigenvalue weighted by atomic mass is 9.80. The van der Waals surface area contributed by atoms with Gasteiger partial charge in [0.1, 0.15) is 6.10 Å². The van der Waals surface area contributed by atoms with Gasteiger partial charge in [-0.05, 0) is 61.5 Å². The van der Waals surface area contributed by atoms with Gasteiger partial charge in [0, 0.05) is 12.1 Å². The molecule has 1 aromatic rings. The maximum Gasteiger partial charge on any atom is 0.338 e. The SMILES string of the molecule is O=C(OC1CC2CC1C1CCCC21)c1ccc([N+](=O)[O-])cc1. The van der Waals surface area contributed by atoms with Gasteiger partial charge < -0.3 is 4.74 Å². The second kappa shape index (κ2) is 5.07. The summed E-state index contributed by atoms with van der Waals surface area (Å²) < 4.78 is 5.73. The molecule has 3 aliphatic rings. The first-order valence-corrected chi connectivity index (χ1v) is 8.09. The van der Waals surface area contributed by atoms with Crippen LogP contribution in [0.25, 0.3) is 0 Å². The maximum atomic E-state index is 12.3. The molecule has 0 saturated heterocycles. The number of carbonyl (C=O) groups is 1. The van der Waals surface area contributed by atoms with E-state index in [0.29, 0.717) is 11.5 Å². The molecule has 3 aliphatic carbocycles. The number of hydrogen-bond donors (Lipinski definition) is 0. The van der Waals surface area contributed by atoms with Crippen molar-refractivity contribution in [2.75, 3.05) is 0 Å². The topological polar surface area (TPSA) is 69.4 Å². The molecule has 1 aromatic carbocycles. The number of non-ortho nitro benzene ring substituents is 1. The van der Waals surface area contributed by atoms with E-state index in [1.54, 1.807) is 0 Å². The molecule has 0 aromatic heterocycles. The third-order valence-corrected chi connectivity index (χ3v) is 5.94. The Bertz CT molecular complexity index is 612. The van der Waals surface area contributed by atoms with Crippen LogP contribution in [-0.4, -0.2) is 17.0 Å². The van der Waals surface area contributed by atoms with E-state index in [1.807, 2.05) is 0 Å². The normalized spacial score (nSPS) is 35.4. The zero-order valence-electron chi connectivity index (χ0n) is 12.3. The van der Waals surface area contributed by atoms with Crippen molar-refractivity contribution in [2.24, 2.45) is 23.7 Å². The Morgan fingerprint density at radius 1 is 1.09 bits per heavy atom. The minimum atomic E-state index is -0.467. The molecule has 2 bridgehead atoms. The van der Waals surface area contributed by atoms with E-state index in [1.165, 1.54) is 49.9 Å². The number of ether oxygens (including phenoxy) is 1. The number of nitro groups is 1. The van der Waals surface area contributed by atoms with Crippen LogP contribution < -0.4 is 0 Å². The average molecular weight is 301 g/mol. The Balaban J connectivity index is 1.43. The van der Waals surface area contributed by atoms with Crippen molar-refractivity contribution in [1.29, 1.82) is 0 Å². The molecule has 0 heterocycles. The molecule has 116 valence electrons. The largest absolute Gasteiger partial charge is 0.458 e. The van der Waals surface area contributed by atoms with Crippen LogP contribution >= 0.6 is 0 Å². The Kier molecular flexibility index (Phi) is 3.17. The molecule has 3 fully saturated rings. The number of esters is 1. The highest BCUT2D eigenvalue weighted by atomic mass is 16.6. The van der Waals surface area contributed by atoms with E-state index in [2.05, 4.69) is 0 Å². The molecular formula is C17H19NO4. The summed E-state index contributed by atoms with van der Waals surface area (Å²) in [7, 11) is 0. The summed E-state index contributed by atoms with van der Waals surface area (Å²) in [6.45, 7) is 0. The van der Waals surface area contributed by atoms with Crippen molar-refractivity contribution in [1.82, 2.24) is 0 Å². The van der Waals surface area contributed by atoms with Crippen LogP contribution in [0.1, 0.15) is 42.5 Å². The van der Waals surface area contributed by atoms with Gasteiger partial charge in [-0.15, -0.1) is 0 Å². The summed E-state index contributed by atoms with van der Waals surface area (Å²) in [6, 6.07) is 5.66. The maximum absolute atomic E-state index is 12.3. The van der Waals surface area contributed by atoms with Crippen LogP contribution in [0.15, 0.2) is 24.3 Å². The van der Waals surface area contributed by atoms with E-state index in [4.69, 9.17) is 4.74 Å². The van der Waals surface area contributed by atoms with Crippen molar-refractivity contribution in [2.45, 2.75) is 38.2 Å². The van der Waals surface area contributed by atoms with Gasteiger partial charge >= 0.3 is 5.97 Å². The van der Waals surface area contributed by atoms with Crippen LogP contribution in [-0.2, 0) is 4.74 Å². The molecule has 3 saturated carbocycles. The molecule has 5 atom stereocenters. The number of hydrogen-bond acceptors (Lipinski definition) is 4. The zero-order chi connectivity index (χ0) is 15.3. The summed E-state index contributed by atoms with van der Waals surface area (Å²) in [5.41, 5.74) is 0.390. The minimum absolute atomic E-state index is 0.00901. The monoisotopic (exact) mass is 301 g/mol. The smallest absolute Gasteiger partial charge is 0.338 e. The Labute approximate surface area is 128 Å². The van der Waals surface area contributed by atoms with Gasteiger partial charge in [0.15, 0.2) is 0 Å². The van der Waals surface area contributed by atoms with Crippen molar-refractivity contribution < 1.29 is 14.5 Å². The van der Waals surface area contributed by atoms with Gasteiger partial charge in [-0.25, -0.2) is 4.79 Å². The van der Waals surface area contributed by atoms with Gasteiger partial charge in [-0.3, -0.25) is 10.1 Å². The second-order valence-corrected chi connectivity index (χ2v) is 6.90. The van der Waals surface area contributed by atoms with Gasteiger partial charge in [-0.2, -0.15) is 0 Å². The summed E-state index contributed by atoms with van der Waals surface area (Å²) in [5, 5.41) is 10.6. The molecule has 0 radical (unpaired) electrons. The highest BCUT2D eigenvalue weighted by Crippen LogP contribution is 2.59. The quantitative estimate of drug-likeness (QED) is 0.486. The van der Waals surface area contributed by atoms with Crippen LogP contribution in [0.2, 0.25) is 0 Å². The summed E-state index contributed by atoms with van der Waals surface area (Å²) in [5.74, 6) is 2.57. The lowest BCUT2D eigenvalue weighted by Crippen LogP contribution is -2.32. The van der Waals surface area contributed by atoms with Crippen molar-refractivity contribution in [3.63, 3.8) is 0 Å². The highest BCUT2D eigenvalue weighted by molar-refractivity contribution is 5.89. The molecule has 4 rings (SSSR count). The van der Waals surface area contributed by atoms with E-state index in [0.717, 1.165) is 24.2 Å². The third kappa shape index (κ3) is 2.11. The fourth-order valence-electron chi connectivity index (χ4n) is 5.07. The fraction of sp³-hybridized carbons (Fsp3) is 0.588. The third-order valence-electron chi connectivity index (χ3n) is 5.94. The number of rotatable bonds is 3. The van der Waals surface area contributed by atoms with Crippen LogP contribution in [0.4, 0.5) is 5.69 Å². The number of carbonyl (C=O) groups excluding carboxylic acids is 1. The Morgan fingerprint density at radius 2 is 1.82 bits per heavy atom. The van der Waals surface area contributed by atoms with Gasteiger partial charge in [0.25, 0.3) is 5.69 Å². The highest BCUT2D eigenvalue weighted by Gasteiger charge is 2.55. The predicted octanol–water partition coefficient (Wildman–Crippen LogP) is 3.58. The second-order valence-electron chi connectivity index (χ2n) is 6.90. The standard InChI is InChI=1S/C17H19NO4/c19-17(10-4-6-12(7-5-10)18(20)21)22-16-9-11-8-15(16)14-3-1-2-13(11)14/h4-7,11,13-16H,1-3,8-9H2. The summed E-state index contributed by atoms with van der Waals surface area (Å²) in [6.07, 6.45) is 6.24. The first-order valence-electron chi connectivity index (χ1n) is 8.09. The number of fused-ring (bicyclic) bond motifs is 5. The van der Waals surface area contributed by atoms with Crippen LogP contribution in [0.3, 0.4) is 0 Å². The molecule has 0 aliphatic heterocycles. The molecule has 5 nitrogen and oxygen atoms in total. The van der Waals surface area contributed by atoms with Gasteiger partial charge in [0.05, 0.1) is 10.5 Å². The first kappa shape index (κ1) is 13.7. The molecule has 22 heavy (non-hydrogen) atoms. The van der Waals surface area contributed by atoms with Crippen LogP contribution in [0.5, 0.6) is 0 Å². The average Bonchev–Trinajstić information content (AvgIpc) is 3.19. The lowest BCUT2D eigenvalue weighted by Gasteiger charge is -2.31. The predicted molar refractivity (Wildman–Crippen MR) is 79.3 cm³/mol. The van der Waals surface area contributed by atoms with E-state index >= 15 is 0 Å². The van der Waals surface area contributed by atoms with E-state index in [9.17, 15) is 14.9 Å². The zero-order valence-corrected chi connectivity index (χ0v) is 12.3. The van der Waals surface area contributed by atoms with Crippen molar-refractivity contribution >= 4 is 11.7 Å². The van der Waals surface area contributed by atoms with Gasteiger partial charge in [0.2, 0.25) is 0 Å². The molecule has 5 unspecified atom stereocenters. The number of nitro benzene ring substituents is 1.